The van der Waals surface area contributed by atoms with Gasteiger partial charge >= 0.3 is 5.97 Å². The van der Waals surface area contributed by atoms with Crippen molar-refractivity contribution < 1.29 is 24.4 Å². The van der Waals surface area contributed by atoms with E-state index in [0.29, 0.717) is 10.6 Å². The largest absolute Gasteiger partial charge is 0.507 e. The normalized spacial score (nSPS) is 18.8. The lowest BCUT2D eigenvalue weighted by Gasteiger charge is -2.12. The van der Waals surface area contributed by atoms with Crippen LogP contribution < -0.4 is 0 Å². The molecule has 1 atom stereocenters. The minimum Gasteiger partial charge on any atom is -0.507 e. The van der Waals surface area contributed by atoms with Gasteiger partial charge in [-0.25, -0.2) is 4.79 Å². The zero-order valence-electron chi connectivity index (χ0n) is 12.5. The smallest absolute Gasteiger partial charge is 0.380 e. The SMILES string of the molecule is O=C1OC(c2ccc([N+](=O)[O-])cc2)C(=C(O)c2ccc(Cl)cc2)C1=O. The van der Waals surface area contributed by atoms with E-state index in [1.165, 1.54) is 48.5 Å². The van der Waals surface area contributed by atoms with Gasteiger partial charge in [0, 0.05) is 22.7 Å². The molecule has 7 nitrogen and oxygen atoms in total. The average molecular weight is 360 g/mol. The van der Waals surface area contributed by atoms with Crippen molar-refractivity contribution in [3.63, 3.8) is 0 Å². The van der Waals surface area contributed by atoms with Crippen molar-refractivity contribution in [1.82, 2.24) is 0 Å². The highest BCUT2D eigenvalue weighted by atomic mass is 35.5. The van der Waals surface area contributed by atoms with Crippen molar-refractivity contribution in [2.75, 3.05) is 0 Å². The zero-order chi connectivity index (χ0) is 18.1. The molecule has 0 aromatic heterocycles. The number of Topliss-reactive ketones (excluding diaryl/α,β-unsaturated/α-hetero) is 1. The number of nitro benzene ring substituents is 1. The Labute approximate surface area is 146 Å². The summed E-state index contributed by atoms with van der Waals surface area (Å²) in [5, 5.41) is 21.6. The van der Waals surface area contributed by atoms with Crippen LogP contribution >= 0.6 is 11.6 Å². The van der Waals surface area contributed by atoms with Crippen molar-refractivity contribution in [1.29, 1.82) is 0 Å². The summed E-state index contributed by atoms with van der Waals surface area (Å²) in [5.41, 5.74) is 0.256. The molecule has 2 aromatic carbocycles. The number of cyclic esters (lactones) is 1. The number of ether oxygens (including phenoxy) is 1. The Morgan fingerprint density at radius 2 is 1.68 bits per heavy atom. The summed E-state index contributed by atoms with van der Waals surface area (Å²) < 4.78 is 5.04. The molecule has 1 aliphatic heterocycles. The highest BCUT2D eigenvalue weighted by Crippen LogP contribution is 2.37. The van der Waals surface area contributed by atoms with Gasteiger partial charge in [0.2, 0.25) is 0 Å². The van der Waals surface area contributed by atoms with Crippen molar-refractivity contribution in [3.05, 3.63) is 80.4 Å². The summed E-state index contributed by atoms with van der Waals surface area (Å²) in [6.45, 7) is 0. The summed E-state index contributed by atoms with van der Waals surface area (Å²) in [6, 6.07) is 11.2. The molecule has 0 spiro atoms. The number of carbonyl (C=O) groups is 2. The molecule has 0 bridgehead atoms. The van der Waals surface area contributed by atoms with E-state index in [1.54, 1.807) is 0 Å². The Balaban J connectivity index is 2.07. The molecular weight excluding hydrogens is 350 g/mol. The summed E-state index contributed by atoms with van der Waals surface area (Å²) in [4.78, 5) is 34.0. The second-order valence-electron chi connectivity index (χ2n) is 5.23. The standard InChI is InChI=1S/C17H10ClNO6/c18-11-5-1-9(2-6-11)14(20)13-15(21)17(22)25-16(13)10-3-7-12(8-4-10)19(23)24/h1-8,16,20H. The average Bonchev–Trinajstić information content (AvgIpc) is 2.90. The number of non-ortho nitro benzene ring substituents is 1. The number of nitro groups is 1. The van der Waals surface area contributed by atoms with Crippen molar-refractivity contribution in [2.24, 2.45) is 0 Å². The molecule has 8 heteroatoms. The lowest BCUT2D eigenvalue weighted by molar-refractivity contribution is -0.384. The summed E-state index contributed by atoms with van der Waals surface area (Å²) in [7, 11) is 0. The van der Waals surface area contributed by atoms with Gasteiger partial charge in [-0.15, -0.1) is 0 Å². The quantitative estimate of drug-likeness (QED) is 0.225. The lowest BCUT2D eigenvalue weighted by Crippen LogP contribution is -2.08. The van der Waals surface area contributed by atoms with Crippen LogP contribution in [0.5, 0.6) is 0 Å². The summed E-state index contributed by atoms with van der Waals surface area (Å²) >= 11 is 5.79. The third-order valence-electron chi connectivity index (χ3n) is 3.70. The van der Waals surface area contributed by atoms with Crippen LogP contribution in [0.4, 0.5) is 5.69 Å². The van der Waals surface area contributed by atoms with Crippen LogP contribution in [0.1, 0.15) is 17.2 Å². The van der Waals surface area contributed by atoms with Crippen LogP contribution in [0.15, 0.2) is 54.1 Å². The Kier molecular flexibility index (Phi) is 4.24. The molecule has 0 aliphatic carbocycles. The van der Waals surface area contributed by atoms with Gasteiger partial charge in [-0.2, -0.15) is 0 Å². The van der Waals surface area contributed by atoms with Crippen molar-refractivity contribution in [2.45, 2.75) is 6.10 Å². The van der Waals surface area contributed by atoms with Crippen LogP contribution in [0.2, 0.25) is 5.02 Å². The van der Waals surface area contributed by atoms with Crippen LogP contribution in [0.3, 0.4) is 0 Å². The van der Waals surface area contributed by atoms with Gasteiger partial charge in [0.05, 0.1) is 10.5 Å². The number of hydrogen-bond acceptors (Lipinski definition) is 6. The van der Waals surface area contributed by atoms with E-state index < -0.39 is 28.5 Å². The molecule has 126 valence electrons. The van der Waals surface area contributed by atoms with E-state index in [9.17, 15) is 24.8 Å². The maximum absolute atomic E-state index is 12.1. The Bertz CT molecular complexity index is 902. The molecule has 1 N–H and O–H groups in total. The lowest BCUT2D eigenvalue weighted by atomic mass is 9.96. The first-order chi connectivity index (χ1) is 11.9. The van der Waals surface area contributed by atoms with E-state index in [0.717, 1.165) is 0 Å². The molecule has 3 rings (SSSR count). The van der Waals surface area contributed by atoms with E-state index in [1.807, 2.05) is 0 Å². The Hall–Kier alpha value is -3.19. The van der Waals surface area contributed by atoms with E-state index >= 15 is 0 Å². The highest BCUT2D eigenvalue weighted by Gasteiger charge is 2.42. The topological polar surface area (TPSA) is 107 Å². The number of aliphatic hydroxyl groups excluding tert-OH is 1. The van der Waals surface area contributed by atoms with Gasteiger partial charge < -0.3 is 9.84 Å². The van der Waals surface area contributed by atoms with Crippen LogP contribution in [-0.4, -0.2) is 21.8 Å². The predicted molar refractivity (Wildman–Crippen MR) is 87.9 cm³/mol. The minimum atomic E-state index is -1.14. The second kappa shape index (κ2) is 6.37. The molecule has 1 heterocycles. The van der Waals surface area contributed by atoms with Gasteiger partial charge in [-0.3, -0.25) is 14.9 Å². The molecule has 1 fully saturated rings. The number of ketones is 1. The number of carbonyl (C=O) groups excluding carboxylic acids is 2. The third kappa shape index (κ3) is 3.09. The number of aliphatic hydroxyl groups is 1. The van der Waals surface area contributed by atoms with Gasteiger partial charge in [-0.05, 0) is 42.0 Å². The molecule has 0 amide bonds. The maximum Gasteiger partial charge on any atom is 0.380 e. The zero-order valence-corrected chi connectivity index (χ0v) is 13.3. The fourth-order valence-electron chi connectivity index (χ4n) is 2.45. The first-order valence-corrected chi connectivity index (χ1v) is 7.45. The van der Waals surface area contributed by atoms with E-state index in [2.05, 4.69) is 0 Å². The van der Waals surface area contributed by atoms with Gasteiger partial charge in [0.1, 0.15) is 5.76 Å². The molecule has 1 unspecified atom stereocenters. The second-order valence-corrected chi connectivity index (χ2v) is 5.67. The molecule has 1 saturated heterocycles. The molecule has 1 aliphatic rings. The Morgan fingerprint density at radius 1 is 1.08 bits per heavy atom. The number of benzene rings is 2. The molecule has 0 saturated carbocycles. The predicted octanol–water partition coefficient (Wildman–Crippen LogP) is 3.38. The first-order valence-electron chi connectivity index (χ1n) is 7.07. The maximum atomic E-state index is 12.1. The highest BCUT2D eigenvalue weighted by molar-refractivity contribution is 6.44. The van der Waals surface area contributed by atoms with E-state index in [-0.39, 0.29) is 16.8 Å². The molecule has 0 radical (unpaired) electrons. The van der Waals surface area contributed by atoms with Crippen LogP contribution in [0, 0.1) is 10.1 Å². The van der Waals surface area contributed by atoms with Gasteiger partial charge in [0.15, 0.2) is 6.10 Å². The van der Waals surface area contributed by atoms with E-state index in [4.69, 9.17) is 16.3 Å². The Morgan fingerprint density at radius 3 is 2.24 bits per heavy atom. The fourth-order valence-corrected chi connectivity index (χ4v) is 2.58. The van der Waals surface area contributed by atoms with Crippen molar-refractivity contribution >= 4 is 34.8 Å². The summed E-state index contributed by atoms with van der Waals surface area (Å²) in [5.74, 6) is -2.47. The van der Waals surface area contributed by atoms with Crippen LogP contribution in [-0.2, 0) is 14.3 Å². The van der Waals surface area contributed by atoms with Gasteiger partial charge in [0.25, 0.3) is 11.5 Å². The minimum absolute atomic E-state index is 0.146. The molecular formula is C17H10ClNO6. The summed E-state index contributed by atoms with van der Waals surface area (Å²) in [6.07, 6.45) is -1.14. The number of halogens is 1. The number of hydrogen-bond donors (Lipinski definition) is 1. The van der Waals surface area contributed by atoms with Gasteiger partial charge in [-0.1, -0.05) is 11.6 Å². The number of rotatable bonds is 3. The first kappa shape index (κ1) is 16.7. The molecule has 25 heavy (non-hydrogen) atoms. The number of esters is 1. The molecule has 2 aromatic rings. The monoisotopic (exact) mass is 359 g/mol. The van der Waals surface area contributed by atoms with Crippen LogP contribution in [0.25, 0.3) is 5.76 Å². The third-order valence-corrected chi connectivity index (χ3v) is 3.95. The van der Waals surface area contributed by atoms with Crippen molar-refractivity contribution in [3.8, 4) is 0 Å². The number of nitrogens with zero attached hydrogens (tertiary/aromatic N) is 1. The fraction of sp³-hybridized carbons (Fsp3) is 0.0588.